The van der Waals surface area contributed by atoms with E-state index in [1.165, 1.54) is 24.2 Å². The fraction of sp³-hybridized carbons (Fsp3) is 0.0909. The minimum Gasteiger partial charge on any atom is -0.373 e. The summed E-state index contributed by atoms with van der Waals surface area (Å²) in [6, 6.07) is 8.31. The number of aromatic nitrogens is 2. The molecule has 2 aromatic rings. The quantitative estimate of drug-likeness (QED) is 0.518. The molecule has 92 valence electrons. The number of hydrogen-bond donors (Lipinski definition) is 1. The zero-order chi connectivity index (χ0) is 13.0. The van der Waals surface area contributed by atoms with Crippen LogP contribution in [0.5, 0.6) is 0 Å². The summed E-state index contributed by atoms with van der Waals surface area (Å²) in [6.45, 7) is 0. The van der Waals surface area contributed by atoms with Crippen LogP contribution in [0.2, 0.25) is 0 Å². The number of nitro benzene ring substituents is 1. The highest BCUT2D eigenvalue weighted by atomic mass is 32.2. The number of rotatable bonds is 4. The summed E-state index contributed by atoms with van der Waals surface area (Å²) in [5, 5.41) is 14.4. The van der Waals surface area contributed by atoms with Gasteiger partial charge in [0.05, 0.1) is 9.82 Å². The third-order valence-electron chi connectivity index (χ3n) is 2.17. The second kappa shape index (κ2) is 5.46. The van der Waals surface area contributed by atoms with Crippen molar-refractivity contribution in [2.75, 3.05) is 12.4 Å². The Morgan fingerprint density at radius 2 is 2.11 bits per heavy atom. The molecule has 6 nitrogen and oxygen atoms in total. The molecule has 2 rings (SSSR count). The molecule has 7 heteroatoms. The Kier molecular flexibility index (Phi) is 3.73. The summed E-state index contributed by atoms with van der Waals surface area (Å²) in [6.07, 6.45) is 1.42. The maximum atomic E-state index is 10.9. The molecule has 0 saturated heterocycles. The first-order chi connectivity index (χ1) is 8.70. The normalized spacial score (nSPS) is 10.1. The lowest BCUT2D eigenvalue weighted by Gasteiger charge is -2.03. The third-order valence-corrected chi connectivity index (χ3v) is 3.17. The van der Waals surface area contributed by atoms with Crippen molar-refractivity contribution in [3.05, 3.63) is 46.8 Å². The topological polar surface area (TPSA) is 81.0 Å². The molecule has 0 aliphatic rings. The second-order valence-corrected chi connectivity index (χ2v) is 4.38. The van der Waals surface area contributed by atoms with Gasteiger partial charge in [-0.3, -0.25) is 10.1 Å². The standard InChI is InChI=1S/C11H10N4O2S/c1-12-10-6-11(14-7-13-10)18-9-5-3-2-4-8(9)15(16)17/h2-7H,1H3,(H,12,13,14). The molecule has 0 atom stereocenters. The van der Waals surface area contributed by atoms with E-state index in [1.54, 1.807) is 31.3 Å². The summed E-state index contributed by atoms with van der Waals surface area (Å²) < 4.78 is 0. The molecule has 0 unspecified atom stereocenters. The van der Waals surface area contributed by atoms with Crippen LogP contribution in [-0.2, 0) is 0 Å². The molecule has 1 aromatic heterocycles. The summed E-state index contributed by atoms with van der Waals surface area (Å²) in [5.41, 5.74) is 0.0760. The van der Waals surface area contributed by atoms with Gasteiger partial charge in [-0.25, -0.2) is 9.97 Å². The molecule has 1 aromatic carbocycles. The highest BCUT2D eigenvalue weighted by Crippen LogP contribution is 2.33. The van der Waals surface area contributed by atoms with E-state index < -0.39 is 4.92 Å². The van der Waals surface area contributed by atoms with Crippen LogP contribution in [0.3, 0.4) is 0 Å². The molecule has 0 amide bonds. The fourth-order valence-electron chi connectivity index (χ4n) is 1.34. The van der Waals surface area contributed by atoms with Crippen molar-refractivity contribution in [3.63, 3.8) is 0 Å². The minimum absolute atomic E-state index is 0.0760. The van der Waals surface area contributed by atoms with E-state index in [0.29, 0.717) is 15.7 Å². The molecule has 0 bridgehead atoms. The van der Waals surface area contributed by atoms with E-state index in [0.717, 1.165) is 0 Å². The summed E-state index contributed by atoms with van der Waals surface area (Å²) >= 11 is 1.24. The van der Waals surface area contributed by atoms with Crippen LogP contribution in [0.1, 0.15) is 0 Å². The first kappa shape index (κ1) is 12.3. The predicted octanol–water partition coefficient (Wildman–Crippen LogP) is 2.58. The Labute approximate surface area is 108 Å². The molecular weight excluding hydrogens is 252 g/mol. The van der Waals surface area contributed by atoms with E-state index >= 15 is 0 Å². The second-order valence-electron chi connectivity index (χ2n) is 3.32. The van der Waals surface area contributed by atoms with E-state index in [9.17, 15) is 10.1 Å². The number of hydrogen-bond acceptors (Lipinski definition) is 6. The number of benzene rings is 1. The van der Waals surface area contributed by atoms with Gasteiger partial charge in [0, 0.05) is 19.2 Å². The van der Waals surface area contributed by atoms with Crippen molar-refractivity contribution in [1.29, 1.82) is 0 Å². The number of para-hydroxylation sites is 1. The Morgan fingerprint density at radius 3 is 2.83 bits per heavy atom. The molecule has 0 aliphatic carbocycles. The number of nitrogens with zero attached hydrogens (tertiary/aromatic N) is 3. The Hall–Kier alpha value is -2.15. The van der Waals surface area contributed by atoms with Gasteiger partial charge in [-0.05, 0) is 6.07 Å². The maximum Gasteiger partial charge on any atom is 0.283 e. The molecule has 0 aliphatic heterocycles. The van der Waals surface area contributed by atoms with Crippen molar-refractivity contribution in [1.82, 2.24) is 9.97 Å². The van der Waals surface area contributed by atoms with Crippen LogP contribution in [-0.4, -0.2) is 21.9 Å². The largest absolute Gasteiger partial charge is 0.373 e. The average molecular weight is 262 g/mol. The van der Waals surface area contributed by atoms with Crippen molar-refractivity contribution in [2.45, 2.75) is 9.92 Å². The SMILES string of the molecule is CNc1cc(Sc2ccccc2[N+](=O)[O-])ncn1. The van der Waals surface area contributed by atoms with Gasteiger partial charge >= 0.3 is 0 Å². The maximum absolute atomic E-state index is 10.9. The number of anilines is 1. The summed E-state index contributed by atoms with van der Waals surface area (Å²) in [4.78, 5) is 19.1. The van der Waals surface area contributed by atoms with Gasteiger partial charge in [0.2, 0.25) is 0 Å². The van der Waals surface area contributed by atoms with Crippen molar-refractivity contribution in [2.24, 2.45) is 0 Å². The van der Waals surface area contributed by atoms with Gasteiger partial charge in [0.25, 0.3) is 5.69 Å². The van der Waals surface area contributed by atoms with Gasteiger partial charge in [0.1, 0.15) is 17.2 Å². The van der Waals surface area contributed by atoms with Gasteiger partial charge in [0.15, 0.2) is 0 Å². The minimum atomic E-state index is -0.400. The van der Waals surface area contributed by atoms with E-state index in [4.69, 9.17) is 0 Å². The molecule has 0 radical (unpaired) electrons. The lowest BCUT2D eigenvalue weighted by molar-refractivity contribution is -0.387. The Morgan fingerprint density at radius 1 is 1.33 bits per heavy atom. The molecular formula is C11H10N4O2S. The Bertz CT molecular complexity index is 576. The van der Waals surface area contributed by atoms with Crippen molar-refractivity contribution in [3.8, 4) is 0 Å². The molecule has 1 heterocycles. The summed E-state index contributed by atoms with van der Waals surface area (Å²) in [7, 11) is 1.75. The third kappa shape index (κ3) is 2.75. The van der Waals surface area contributed by atoms with Crippen LogP contribution < -0.4 is 5.32 Å². The molecule has 18 heavy (non-hydrogen) atoms. The number of nitro groups is 1. The highest BCUT2D eigenvalue weighted by Gasteiger charge is 2.14. The average Bonchev–Trinajstić information content (AvgIpc) is 2.39. The van der Waals surface area contributed by atoms with Crippen LogP contribution in [0, 0.1) is 10.1 Å². The van der Waals surface area contributed by atoms with Crippen LogP contribution >= 0.6 is 11.8 Å². The lowest BCUT2D eigenvalue weighted by atomic mass is 10.3. The summed E-state index contributed by atoms with van der Waals surface area (Å²) in [5.74, 6) is 0.672. The monoisotopic (exact) mass is 262 g/mol. The lowest BCUT2D eigenvalue weighted by Crippen LogP contribution is -1.94. The predicted molar refractivity (Wildman–Crippen MR) is 68.8 cm³/mol. The smallest absolute Gasteiger partial charge is 0.283 e. The molecule has 0 fully saturated rings. The zero-order valence-electron chi connectivity index (χ0n) is 9.53. The van der Waals surface area contributed by atoms with E-state index in [1.807, 2.05) is 0 Å². The van der Waals surface area contributed by atoms with Crippen molar-refractivity contribution >= 4 is 23.3 Å². The molecule has 1 N–H and O–H groups in total. The zero-order valence-corrected chi connectivity index (χ0v) is 10.3. The van der Waals surface area contributed by atoms with Gasteiger partial charge in [-0.15, -0.1) is 0 Å². The van der Waals surface area contributed by atoms with Crippen molar-refractivity contribution < 1.29 is 4.92 Å². The van der Waals surface area contributed by atoms with Gasteiger partial charge in [-0.1, -0.05) is 23.9 Å². The molecule has 0 spiro atoms. The Balaban J connectivity index is 2.31. The van der Waals surface area contributed by atoms with Crippen LogP contribution in [0.25, 0.3) is 0 Å². The van der Waals surface area contributed by atoms with E-state index in [-0.39, 0.29) is 5.69 Å². The van der Waals surface area contributed by atoms with Gasteiger partial charge in [-0.2, -0.15) is 0 Å². The van der Waals surface area contributed by atoms with Gasteiger partial charge < -0.3 is 5.32 Å². The van der Waals surface area contributed by atoms with Crippen LogP contribution in [0.4, 0.5) is 11.5 Å². The van der Waals surface area contributed by atoms with E-state index in [2.05, 4.69) is 15.3 Å². The molecule has 0 saturated carbocycles. The first-order valence-corrected chi connectivity index (χ1v) is 5.93. The first-order valence-electron chi connectivity index (χ1n) is 5.12. The van der Waals surface area contributed by atoms with Crippen LogP contribution in [0.15, 0.2) is 46.6 Å². The highest BCUT2D eigenvalue weighted by molar-refractivity contribution is 7.99. The fourth-order valence-corrected chi connectivity index (χ4v) is 2.23. The number of nitrogens with one attached hydrogen (secondary N) is 1.